The molecule has 3 heteroatoms. The molecule has 0 aromatic heterocycles. The van der Waals surface area contributed by atoms with Crippen molar-refractivity contribution < 1.29 is 9.47 Å². The lowest BCUT2D eigenvalue weighted by atomic mass is 10.0. The van der Waals surface area contributed by atoms with Crippen LogP contribution in [-0.2, 0) is 6.42 Å². The normalized spacial score (nSPS) is 10.2. The molecular formula is C15H15ClO2. The highest BCUT2D eigenvalue weighted by Crippen LogP contribution is 2.29. The summed E-state index contributed by atoms with van der Waals surface area (Å²) in [4.78, 5) is 0. The fraction of sp³-hybridized carbons (Fsp3) is 0.200. The van der Waals surface area contributed by atoms with Crippen molar-refractivity contribution in [2.24, 2.45) is 0 Å². The van der Waals surface area contributed by atoms with E-state index in [-0.39, 0.29) is 0 Å². The molecule has 0 amide bonds. The Morgan fingerprint density at radius 2 is 1.67 bits per heavy atom. The lowest BCUT2D eigenvalue weighted by molar-refractivity contribution is 0.354. The lowest BCUT2D eigenvalue weighted by Gasteiger charge is -2.10. The first-order valence-electron chi connectivity index (χ1n) is 5.69. The maximum Gasteiger partial charge on any atom is 0.160 e. The third kappa shape index (κ3) is 2.77. The maximum atomic E-state index is 6.15. The topological polar surface area (TPSA) is 18.5 Å². The molecule has 2 aromatic rings. The molecule has 18 heavy (non-hydrogen) atoms. The predicted molar refractivity (Wildman–Crippen MR) is 73.8 cm³/mol. The van der Waals surface area contributed by atoms with Crippen LogP contribution in [0.15, 0.2) is 42.5 Å². The van der Waals surface area contributed by atoms with Gasteiger partial charge in [0, 0.05) is 5.02 Å². The van der Waals surface area contributed by atoms with E-state index in [1.807, 2.05) is 42.5 Å². The van der Waals surface area contributed by atoms with E-state index in [0.717, 1.165) is 34.1 Å². The van der Waals surface area contributed by atoms with Crippen molar-refractivity contribution in [3.8, 4) is 11.5 Å². The second-order valence-corrected chi connectivity index (χ2v) is 4.36. The van der Waals surface area contributed by atoms with E-state index < -0.39 is 0 Å². The molecule has 0 aliphatic heterocycles. The van der Waals surface area contributed by atoms with Gasteiger partial charge in [-0.15, -0.1) is 0 Å². The molecule has 0 saturated heterocycles. The van der Waals surface area contributed by atoms with Crippen molar-refractivity contribution in [2.45, 2.75) is 6.42 Å². The van der Waals surface area contributed by atoms with E-state index in [1.165, 1.54) is 0 Å². The van der Waals surface area contributed by atoms with E-state index in [0.29, 0.717) is 0 Å². The van der Waals surface area contributed by atoms with Gasteiger partial charge in [-0.05, 0) is 35.7 Å². The van der Waals surface area contributed by atoms with Gasteiger partial charge in [-0.2, -0.15) is 0 Å². The Kier molecular flexibility index (Phi) is 4.11. The first-order valence-corrected chi connectivity index (χ1v) is 6.06. The van der Waals surface area contributed by atoms with E-state index in [9.17, 15) is 0 Å². The fourth-order valence-corrected chi connectivity index (χ4v) is 2.05. The van der Waals surface area contributed by atoms with Gasteiger partial charge in [0.25, 0.3) is 0 Å². The molecule has 0 atom stereocenters. The van der Waals surface area contributed by atoms with Gasteiger partial charge in [0.1, 0.15) is 0 Å². The molecule has 2 aromatic carbocycles. The molecule has 0 fully saturated rings. The summed E-state index contributed by atoms with van der Waals surface area (Å²) in [6.45, 7) is 0. The molecule has 0 saturated carbocycles. The summed E-state index contributed by atoms with van der Waals surface area (Å²) in [5, 5.41) is 0.785. The Morgan fingerprint density at radius 3 is 2.33 bits per heavy atom. The predicted octanol–water partition coefficient (Wildman–Crippen LogP) is 3.95. The van der Waals surface area contributed by atoms with Crippen LogP contribution in [0.1, 0.15) is 11.1 Å². The Balaban J connectivity index is 2.27. The highest BCUT2D eigenvalue weighted by molar-refractivity contribution is 6.31. The minimum Gasteiger partial charge on any atom is -0.493 e. The zero-order chi connectivity index (χ0) is 13.0. The zero-order valence-electron chi connectivity index (χ0n) is 10.4. The zero-order valence-corrected chi connectivity index (χ0v) is 11.2. The van der Waals surface area contributed by atoms with Gasteiger partial charge in [-0.25, -0.2) is 0 Å². The Bertz CT molecular complexity index is 538. The molecule has 0 aliphatic rings. The first-order chi connectivity index (χ1) is 8.74. The van der Waals surface area contributed by atoms with Crippen molar-refractivity contribution in [1.29, 1.82) is 0 Å². The average Bonchev–Trinajstić information content (AvgIpc) is 2.41. The van der Waals surface area contributed by atoms with Crippen LogP contribution in [0.5, 0.6) is 11.5 Å². The maximum absolute atomic E-state index is 6.15. The number of hydrogen-bond acceptors (Lipinski definition) is 2. The van der Waals surface area contributed by atoms with E-state index >= 15 is 0 Å². The lowest BCUT2D eigenvalue weighted by Crippen LogP contribution is -1.94. The molecular weight excluding hydrogens is 248 g/mol. The molecule has 0 radical (unpaired) electrons. The molecule has 0 unspecified atom stereocenters. The molecule has 0 bridgehead atoms. The summed E-state index contributed by atoms with van der Waals surface area (Å²) >= 11 is 6.15. The van der Waals surface area contributed by atoms with Crippen LogP contribution in [0, 0.1) is 0 Å². The number of ether oxygens (including phenoxy) is 2. The van der Waals surface area contributed by atoms with Gasteiger partial charge < -0.3 is 9.47 Å². The van der Waals surface area contributed by atoms with E-state index in [2.05, 4.69) is 0 Å². The summed E-state index contributed by atoms with van der Waals surface area (Å²) in [7, 11) is 3.27. The van der Waals surface area contributed by atoms with Crippen LogP contribution >= 0.6 is 11.6 Å². The summed E-state index contributed by atoms with van der Waals surface area (Å²) in [5.74, 6) is 1.47. The highest BCUT2D eigenvalue weighted by atomic mass is 35.5. The van der Waals surface area contributed by atoms with Gasteiger partial charge in [-0.3, -0.25) is 0 Å². The van der Waals surface area contributed by atoms with Gasteiger partial charge in [0.15, 0.2) is 11.5 Å². The summed E-state index contributed by atoms with van der Waals surface area (Å²) in [6.07, 6.45) is 0.778. The molecule has 94 valence electrons. The van der Waals surface area contributed by atoms with Crippen LogP contribution < -0.4 is 9.47 Å². The molecule has 0 spiro atoms. The standard InChI is InChI=1S/C15H15ClO2/c1-17-14-8-7-11(10-15(14)18-2)9-12-5-3-4-6-13(12)16/h3-8,10H,9H2,1-2H3. The largest absolute Gasteiger partial charge is 0.493 e. The van der Waals surface area contributed by atoms with Gasteiger partial charge >= 0.3 is 0 Å². The Morgan fingerprint density at radius 1 is 0.944 bits per heavy atom. The van der Waals surface area contributed by atoms with Gasteiger partial charge in [0.2, 0.25) is 0 Å². The van der Waals surface area contributed by atoms with Crippen molar-refractivity contribution in [1.82, 2.24) is 0 Å². The summed E-state index contributed by atoms with van der Waals surface area (Å²) < 4.78 is 10.5. The molecule has 0 N–H and O–H groups in total. The molecule has 0 aliphatic carbocycles. The highest BCUT2D eigenvalue weighted by Gasteiger charge is 2.06. The second kappa shape index (κ2) is 5.78. The SMILES string of the molecule is COc1ccc(Cc2ccccc2Cl)cc1OC. The van der Waals surface area contributed by atoms with Crippen LogP contribution in [0.3, 0.4) is 0 Å². The Hall–Kier alpha value is -1.67. The number of hydrogen-bond donors (Lipinski definition) is 0. The monoisotopic (exact) mass is 262 g/mol. The van der Waals surface area contributed by atoms with Crippen molar-refractivity contribution in [3.05, 3.63) is 58.6 Å². The molecule has 2 nitrogen and oxygen atoms in total. The second-order valence-electron chi connectivity index (χ2n) is 3.96. The Labute approximate surface area is 112 Å². The van der Waals surface area contributed by atoms with Crippen LogP contribution in [0.4, 0.5) is 0 Å². The van der Waals surface area contributed by atoms with E-state index in [1.54, 1.807) is 14.2 Å². The summed E-state index contributed by atoms with van der Waals surface area (Å²) in [6, 6.07) is 13.7. The smallest absolute Gasteiger partial charge is 0.160 e. The molecule has 2 rings (SSSR count). The number of halogens is 1. The minimum absolute atomic E-state index is 0.736. The minimum atomic E-state index is 0.736. The number of rotatable bonds is 4. The van der Waals surface area contributed by atoms with E-state index in [4.69, 9.17) is 21.1 Å². The fourth-order valence-electron chi connectivity index (χ4n) is 1.85. The van der Waals surface area contributed by atoms with Crippen molar-refractivity contribution in [3.63, 3.8) is 0 Å². The quantitative estimate of drug-likeness (QED) is 0.831. The number of benzene rings is 2. The third-order valence-corrected chi connectivity index (χ3v) is 3.17. The van der Waals surface area contributed by atoms with Crippen LogP contribution in [0.25, 0.3) is 0 Å². The van der Waals surface area contributed by atoms with Gasteiger partial charge in [0.05, 0.1) is 14.2 Å². The summed E-state index contributed by atoms with van der Waals surface area (Å²) in [5.41, 5.74) is 2.24. The van der Waals surface area contributed by atoms with Crippen molar-refractivity contribution in [2.75, 3.05) is 14.2 Å². The third-order valence-electron chi connectivity index (χ3n) is 2.80. The van der Waals surface area contributed by atoms with Crippen LogP contribution in [0.2, 0.25) is 5.02 Å². The van der Waals surface area contributed by atoms with Crippen molar-refractivity contribution >= 4 is 11.6 Å². The first kappa shape index (κ1) is 12.8. The van der Waals surface area contributed by atoms with Gasteiger partial charge in [-0.1, -0.05) is 35.9 Å². The number of methoxy groups -OCH3 is 2. The average molecular weight is 263 g/mol. The molecule has 0 heterocycles. The van der Waals surface area contributed by atoms with Crippen LogP contribution in [-0.4, -0.2) is 14.2 Å².